The number of Topliss-reactive ketones (excluding diaryl/α,β-unsaturated/α-hetero) is 2. The lowest BCUT2D eigenvalue weighted by Crippen LogP contribution is -2.17. The molecule has 7 heteroatoms. The third kappa shape index (κ3) is 5.79. The van der Waals surface area contributed by atoms with E-state index in [9.17, 15) is 14.4 Å². The van der Waals surface area contributed by atoms with Crippen LogP contribution in [-0.4, -0.2) is 48.2 Å². The molecule has 164 valence electrons. The zero-order valence-electron chi connectivity index (χ0n) is 17.9. The van der Waals surface area contributed by atoms with Crippen LogP contribution in [0.4, 0.5) is 0 Å². The van der Waals surface area contributed by atoms with Crippen LogP contribution in [0.1, 0.15) is 53.5 Å². The van der Waals surface area contributed by atoms with Crippen molar-refractivity contribution in [3.05, 3.63) is 70.2 Å². The van der Waals surface area contributed by atoms with Crippen molar-refractivity contribution in [3.8, 4) is 0 Å². The van der Waals surface area contributed by atoms with Gasteiger partial charge in [0.25, 0.3) is 6.47 Å². The molecule has 2 aliphatic heterocycles. The summed E-state index contributed by atoms with van der Waals surface area (Å²) in [7, 11) is 0. The fourth-order valence-electron chi connectivity index (χ4n) is 3.35. The minimum absolute atomic E-state index is 0.144. The molecule has 4 rings (SSSR count). The number of hydrogen-bond acceptors (Lipinski definition) is 6. The van der Waals surface area contributed by atoms with Gasteiger partial charge in [0, 0.05) is 34.8 Å². The van der Waals surface area contributed by atoms with Crippen LogP contribution in [0.5, 0.6) is 0 Å². The van der Waals surface area contributed by atoms with Crippen LogP contribution in [0.2, 0.25) is 5.02 Å². The van der Waals surface area contributed by atoms with Crippen molar-refractivity contribution in [3.63, 3.8) is 0 Å². The molecule has 0 aromatic heterocycles. The number of carbonyl (C=O) groups excluding carboxylic acids is 3. The number of nitrogens with zero attached hydrogens (tertiary/aromatic N) is 1. The van der Waals surface area contributed by atoms with Gasteiger partial charge in [-0.05, 0) is 45.0 Å². The monoisotopic (exact) mass is 443 g/mol. The quantitative estimate of drug-likeness (QED) is 0.287. The van der Waals surface area contributed by atoms with Crippen LogP contribution in [-0.2, 0) is 20.0 Å². The Labute approximate surface area is 187 Å². The summed E-state index contributed by atoms with van der Waals surface area (Å²) in [5.74, 6) is -0.383. The zero-order valence-corrected chi connectivity index (χ0v) is 18.6. The first kappa shape index (κ1) is 23.1. The average Bonchev–Trinajstić information content (AvgIpc) is 3.28. The number of hydrogen-bond donors (Lipinski definition) is 0. The van der Waals surface area contributed by atoms with E-state index >= 15 is 0 Å². The lowest BCUT2D eigenvalue weighted by atomic mass is 9.99. The van der Waals surface area contributed by atoms with Gasteiger partial charge in [-0.2, -0.15) is 0 Å². The highest BCUT2D eigenvalue weighted by Crippen LogP contribution is 2.47. The Morgan fingerprint density at radius 1 is 1.06 bits per heavy atom. The van der Waals surface area contributed by atoms with Gasteiger partial charge in [-0.15, -0.1) is 0 Å². The first-order chi connectivity index (χ1) is 14.6. The Morgan fingerprint density at radius 2 is 1.61 bits per heavy atom. The lowest BCUT2D eigenvalue weighted by molar-refractivity contribution is -0.138. The van der Waals surface area contributed by atoms with E-state index in [1.165, 1.54) is 0 Å². The van der Waals surface area contributed by atoms with E-state index in [0.717, 1.165) is 25.3 Å². The Balaban J connectivity index is 0.000000339. The van der Waals surface area contributed by atoms with Crippen molar-refractivity contribution in [2.24, 2.45) is 0 Å². The summed E-state index contributed by atoms with van der Waals surface area (Å²) in [6, 6.07) is 14.0. The third-order valence-corrected chi connectivity index (χ3v) is 5.31. The zero-order chi connectivity index (χ0) is 22.6. The Bertz CT molecular complexity index is 949. The Kier molecular flexibility index (Phi) is 6.94. The smallest absolute Gasteiger partial charge is 0.293 e. The van der Waals surface area contributed by atoms with E-state index in [0.29, 0.717) is 22.6 Å². The fraction of sp³-hybridized carbons (Fsp3) is 0.375. The van der Waals surface area contributed by atoms with Gasteiger partial charge in [-0.1, -0.05) is 35.9 Å². The van der Waals surface area contributed by atoms with E-state index in [4.69, 9.17) is 16.3 Å². The van der Waals surface area contributed by atoms with Gasteiger partial charge in [0.2, 0.25) is 0 Å². The van der Waals surface area contributed by atoms with Crippen molar-refractivity contribution in [2.45, 2.75) is 38.5 Å². The molecule has 31 heavy (non-hydrogen) atoms. The maximum absolute atomic E-state index is 12.3. The summed E-state index contributed by atoms with van der Waals surface area (Å²) >= 11 is 5.81. The Hall–Kier alpha value is -2.54. The van der Waals surface area contributed by atoms with Crippen LogP contribution in [0.25, 0.3) is 0 Å². The molecule has 2 unspecified atom stereocenters. The fourth-order valence-corrected chi connectivity index (χ4v) is 3.47. The molecule has 0 N–H and O–H groups in total. The molecule has 2 heterocycles. The first-order valence-electron chi connectivity index (χ1n) is 10.1. The highest BCUT2D eigenvalue weighted by atomic mass is 35.5. The molecular formula is C24H26ClNO5. The summed E-state index contributed by atoms with van der Waals surface area (Å²) in [6.07, 6.45) is -0.144. The second kappa shape index (κ2) is 9.30. The summed E-state index contributed by atoms with van der Waals surface area (Å²) < 4.78 is 10.4. The molecule has 0 saturated carbocycles. The molecule has 2 aromatic carbocycles. The largest absolute Gasteiger partial charge is 0.462 e. The number of ketones is 2. The molecule has 6 nitrogen and oxygen atoms in total. The Morgan fingerprint density at radius 3 is 2.00 bits per heavy atom. The van der Waals surface area contributed by atoms with Crippen molar-refractivity contribution in [1.82, 2.24) is 4.90 Å². The van der Waals surface area contributed by atoms with Gasteiger partial charge < -0.3 is 9.47 Å². The van der Waals surface area contributed by atoms with Gasteiger partial charge in [0.05, 0.1) is 13.0 Å². The molecular weight excluding hydrogens is 418 g/mol. The molecule has 2 atom stereocenters. The van der Waals surface area contributed by atoms with Gasteiger partial charge in [0.15, 0.2) is 17.3 Å². The average molecular weight is 444 g/mol. The van der Waals surface area contributed by atoms with E-state index in [1.807, 2.05) is 32.9 Å². The predicted octanol–water partition coefficient (Wildman–Crippen LogP) is 4.25. The molecule has 2 saturated heterocycles. The number of fused-ring (bicyclic) bond motifs is 1. The lowest BCUT2D eigenvalue weighted by Gasteiger charge is -2.14. The van der Waals surface area contributed by atoms with E-state index in [1.54, 1.807) is 36.4 Å². The van der Waals surface area contributed by atoms with Crippen LogP contribution in [0.15, 0.2) is 48.5 Å². The summed E-state index contributed by atoms with van der Waals surface area (Å²) in [6.45, 7) is 8.53. The molecule has 0 radical (unpaired) electrons. The molecule has 2 aliphatic rings. The molecule has 0 aliphatic carbocycles. The number of ether oxygens (including phenoxy) is 2. The van der Waals surface area contributed by atoms with Crippen molar-refractivity contribution >= 4 is 29.6 Å². The van der Waals surface area contributed by atoms with E-state index in [-0.39, 0.29) is 29.3 Å². The SMILES string of the molecule is CC(C)(C)OC=O.O=C(CC(=O)c1ccc(C23CN2CCO3)cc1)c1ccc(Cl)cc1. The van der Waals surface area contributed by atoms with Crippen molar-refractivity contribution in [1.29, 1.82) is 0 Å². The van der Waals surface area contributed by atoms with Gasteiger partial charge in [-0.25, -0.2) is 0 Å². The molecule has 0 amide bonds. The molecule has 2 aromatic rings. The van der Waals surface area contributed by atoms with E-state index in [2.05, 4.69) is 9.64 Å². The predicted molar refractivity (Wildman–Crippen MR) is 117 cm³/mol. The van der Waals surface area contributed by atoms with Crippen molar-refractivity contribution in [2.75, 3.05) is 19.7 Å². The summed E-state index contributed by atoms with van der Waals surface area (Å²) in [5, 5.41) is 0.566. The maximum Gasteiger partial charge on any atom is 0.293 e. The summed E-state index contributed by atoms with van der Waals surface area (Å²) in [4.78, 5) is 36.4. The van der Waals surface area contributed by atoms with Crippen LogP contribution in [0.3, 0.4) is 0 Å². The topological polar surface area (TPSA) is 72.7 Å². The van der Waals surface area contributed by atoms with Gasteiger partial charge in [-0.3, -0.25) is 19.3 Å². The van der Waals surface area contributed by atoms with Crippen LogP contribution >= 0.6 is 11.6 Å². The van der Waals surface area contributed by atoms with Crippen molar-refractivity contribution < 1.29 is 23.9 Å². The summed E-state index contributed by atoms with van der Waals surface area (Å²) in [5.41, 5.74) is 1.53. The number of halogens is 1. The third-order valence-electron chi connectivity index (χ3n) is 5.06. The van der Waals surface area contributed by atoms with Gasteiger partial charge >= 0.3 is 0 Å². The molecule has 0 bridgehead atoms. The van der Waals surface area contributed by atoms with Gasteiger partial charge in [0.1, 0.15) is 5.60 Å². The van der Waals surface area contributed by atoms with Crippen LogP contribution < -0.4 is 0 Å². The highest BCUT2D eigenvalue weighted by molar-refractivity contribution is 6.30. The first-order valence-corrected chi connectivity index (χ1v) is 10.5. The number of rotatable bonds is 6. The van der Waals surface area contributed by atoms with E-state index < -0.39 is 0 Å². The second-order valence-electron chi connectivity index (χ2n) is 8.49. The molecule has 0 spiro atoms. The minimum atomic E-state index is -0.318. The highest BCUT2D eigenvalue weighted by Gasteiger charge is 2.58. The molecule has 2 fully saturated rings. The standard InChI is InChI=1S/C19H16ClNO3.C5H10O2/c20-16-7-3-14(4-8-16)18(23)11-17(22)13-1-5-15(6-2-13)19-12-21(19)9-10-24-19;1-5(2,3)7-4-6/h1-8H,9-12H2;4H,1-3H3. The second-order valence-corrected chi connectivity index (χ2v) is 8.92. The number of carbonyl (C=O) groups is 3. The maximum atomic E-state index is 12.3. The minimum Gasteiger partial charge on any atom is -0.462 e. The normalized spacial score (nSPS) is 21.4. The number of morpholine rings is 1. The van der Waals surface area contributed by atoms with Crippen LogP contribution in [0, 0.1) is 0 Å². The number of benzene rings is 2.